The van der Waals surface area contributed by atoms with Crippen LogP contribution in [0.5, 0.6) is 5.75 Å². The van der Waals surface area contributed by atoms with E-state index in [0.29, 0.717) is 17.3 Å². The molecule has 0 radical (unpaired) electrons. The molecule has 0 aliphatic carbocycles. The number of hydrogen-bond acceptors (Lipinski definition) is 8. The molecular weight excluding hydrogens is 358 g/mol. The van der Waals surface area contributed by atoms with Crippen molar-refractivity contribution in [3.8, 4) is 27.8 Å². The molecule has 0 amide bonds. The van der Waals surface area contributed by atoms with Crippen molar-refractivity contribution >= 4 is 28.6 Å². The van der Waals surface area contributed by atoms with Crippen LogP contribution in [0.2, 0.25) is 0 Å². The first-order valence-corrected chi connectivity index (χ1v) is 9.14. The van der Waals surface area contributed by atoms with Crippen molar-refractivity contribution in [1.82, 2.24) is 15.2 Å². The molecule has 0 spiro atoms. The summed E-state index contributed by atoms with van der Waals surface area (Å²) < 4.78 is 10.5. The molecule has 0 saturated carbocycles. The van der Waals surface area contributed by atoms with Crippen molar-refractivity contribution in [2.75, 3.05) is 0 Å². The quantitative estimate of drug-likeness (QED) is 0.390. The van der Waals surface area contributed by atoms with Crippen molar-refractivity contribution in [2.45, 2.75) is 6.42 Å². The maximum atomic E-state index is 12.1. The van der Waals surface area contributed by atoms with Crippen LogP contribution in [0.3, 0.4) is 0 Å². The standard InChI is InChI=1S/C17H11N3O3S2/c21-15(7-13-9-25-17(19-13)12-5-6-24-8-12)23-14-3-1-11(2-4-14)16-20-18-10-22-16/h1-6,8-10H,7H2. The molecule has 0 atom stereocenters. The second kappa shape index (κ2) is 6.96. The number of thiazole rings is 1. The molecule has 6 nitrogen and oxygen atoms in total. The third-order valence-corrected chi connectivity index (χ3v) is 4.96. The summed E-state index contributed by atoms with van der Waals surface area (Å²) in [6, 6.07) is 8.91. The minimum atomic E-state index is -0.354. The van der Waals surface area contributed by atoms with E-state index in [1.54, 1.807) is 35.6 Å². The molecule has 4 aromatic rings. The van der Waals surface area contributed by atoms with Crippen LogP contribution in [-0.4, -0.2) is 21.2 Å². The fraction of sp³-hybridized carbons (Fsp3) is 0.0588. The fourth-order valence-electron chi connectivity index (χ4n) is 2.19. The molecule has 0 aliphatic rings. The highest BCUT2D eigenvalue weighted by Crippen LogP contribution is 2.26. The van der Waals surface area contributed by atoms with E-state index in [9.17, 15) is 4.79 Å². The number of aromatic nitrogens is 3. The zero-order valence-corrected chi connectivity index (χ0v) is 14.4. The Bertz CT molecular complexity index is 961. The number of carbonyl (C=O) groups is 1. The molecule has 0 aliphatic heterocycles. The predicted octanol–water partition coefficient (Wildman–Crippen LogP) is 4.07. The van der Waals surface area contributed by atoms with E-state index in [-0.39, 0.29) is 12.4 Å². The summed E-state index contributed by atoms with van der Waals surface area (Å²) in [6.45, 7) is 0. The van der Waals surface area contributed by atoms with Gasteiger partial charge in [-0.3, -0.25) is 4.79 Å². The Morgan fingerprint density at radius 2 is 2.00 bits per heavy atom. The van der Waals surface area contributed by atoms with Crippen LogP contribution in [0.25, 0.3) is 22.0 Å². The first-order chi connectivity index (χ1) is 12.3. The highest BCUT2D eigenvalue weighted by molar-refractivity contribution is 7.14. The number of nitrogens with zero attached hydrogens (tertiary/aromatic N) is 3. The number of esters is 1. The number of carbonyl (C=O) groups excluding carboxylic acids is 1. The maximum absolute atomic E-state index is 12.1. The summed E-state index contributed by atoms with van der Waals surface area (Å²) in [5.41, 5.74) is 2.54. The largest absolute Gasteiger partial charge is 0.426 e. The summed E-state index contributed by atoms with van der Waals surface area (Å²) in [4.78, 5) is 16.6. The zero-order valence-electron chi connectivity index (χ0n) is 12.8. The highest BCUT2D eigenvalue weighted by atomic mass is 32.1. The van der Waals surface area contributed by atoms with Crippen LogP contribution < -0.4 is 4.74 Å². The summed E-state index contributed by atoms with van der Waals surface area (Å²) in [6.07, 6.45) is 1.40. The van der Waals surface area contributed by atoms with E-state index >= 15 is 0 Å². The number of ether oxygens (including phenoxy) is 1. The highest BCUT2D eigenvalue weighted by Gasteiger charge is 2.12. The molecule has 3 heterocycles. The van der Waals surface area contributed by atoms with Gasteiger partial charge in [0, 0.05) is 21.9 Å². The molecular formula is C17H11N3O3S2. The SMILES string of the molecule is O=C(Cc1csc(-c2ccsc2)n1)Oc1ccc(-c2nnco2)cc1. The lowest BCUT2D eigenvalue weighted by molar-refractivity contribution is -0.133. The van der Waals surface area contributed by atoms with E-state index in [2.05, 4.69) is 15.2 Å². The summed E-state index contributed by atoms with van der Waals surface area (Å²) in [5.74, 6) is 0.524. The van der Waals surface area contributed by atoms with Gasteiger partial charge in [-0.2, -0.15) is 11.3 Å². The molecule has 0 unspecified atom stereocenters. The summed E-state index contributed by atoms with van der Waals surface area (Å²) in [5, 5.41) is 14.3. The van der Waals surface area contributed by atoms with Gasteiger partial charge >= 0.3 is 5.97 Å². The van der Waals surface area contributed by atoms with Crippen LogP contribution in [0, 0.1) is 0 Å². The molecule has 0 fully saturated rings. The van der Waals surface area contributed by atoms with Gasteiger partial charge in [0.25, 0.3) is 0 Å². The number of rotatable bonds is 5. The molecule has 3 aromatic heterocycles. The van der Waals surface area contributed by atoms with Crippen LogP contribution in [-0.2, 0) is 11.2 Å². The lowest BCUT2D eigenvalue weighted by atomic mass is 10.2. The van der Waals surface area contributed by atoms with Gasteiger partial charge in [0.05, 0.1) is 12.1 Å². The van der Waals surface area contributed by atoms with Crippen molar-refractivity contribution in [3.05, 3.63) is 58.6 Å². The number of thiophene rings is 1. The lowest BCUT2D eigenvalue weighted by Gasteiger charge is -2.03. The topological polar surface area (TPSA) is 78.1 Å². The molecule has 25 heavy (non-hydrogen) atoms. The Morgan fingerprint density at radius 3 is 2.72 bits per heavy atom. The normalized spacial score (nSPS) is 10.7. The smallest absolute Gasteiger partial charge is 0.317 e. The van der Waals surface area contributed by atoms with E-state index in [1.807, 2.05) is 22.2 Å². The average Bonchev–Trinajstić information content (AvgIpc) is 3.37. The molecule has 0 bridgehead atoms. The van der Waals surface area contributed by atoms with Gasteiger partial charge in [0.2, 0.25) is 12.3 Å². The Labute approximate surface area is 150 Å². The van der Waals surface area contributed by atoms with Gasteiger partial charge in [-0.25, -0.2) is 4.98 Å². The number of benzene rings is 1. The minimum Gasteiger partial charge on any atom is -0.426 e. The predicted molar refractivity (Wildman–Crippen MR) is 94.5 cm³/mol. The van der Waals surface area contributed by atoms with Gasteiger partial charge in [0.1, 0.15) is 10.8 Å². The van der Waals surface area contributed by atoms with Crippen LogP contribution in [0.15, 0.2) is 57.3 Å². The van der Waals surface area contributed by atoms with Crippen molar-refractivity contribution < 1.29 is 13.9 Å². The second-order valence-corrected chi connectivity index (χ2v) is 6.71. The van der Waals surface area contributed by atoms with Gasteiger partial charge in [-0.15, -0.1) is 21.5 Å². The molecule has 1 aromatic carbocycles. The van der Waals surface area contributed by atoms with Gasteiger partial charge < -0.3 is 9.15 Å². The minimum absolute atomic E-state index is 0.131. The van der Waals surface area contributed by atoms with Crippen molar-refractivity contribution in [2.24, 2.45) is 0 Å². The average molecular weight is 369 g/mol. The van der Waals surface area contributed by atoms with E-state index in [4.69, 9.17) is 9.15 Å². The van der Waals surface area contributed by atoms with Crippen LogP contribution >= 0.6 is 22.7 Å². The summed E-state index contributed by atoms with van der Waals surface area (Å²) >= 11 is 3.14. The van der Waals surface area contributed by atoms with E-state index in [0.717, 1.165) is 16.1 Å². The van der Waals surface area contributed by atoms with Crippen molar-refractivity contribution in [1.29, 1.82) is 0 Å². The van der Waals surface area contributed by atoms with Gasteiger partial charge in [-0.1, -0.05) is 0 Å². The Kier molecular flexibility index (Phi) is 4.36. The Morgan fingerprint density at radius 1 is 1.12 bits per heavy atom. The second-order valence-electron chi connectivity index (χ2n) is 5.08. The molecule has 8 heteroatoms. The number of hydrogen-bond donors (Lipinski definition) is 0. The van der Waals surface area contributed by atoms with Crippen LogP contribution in [0.1, 0.15) is 5.69 Å². The third kappa shape index (κ3) is 3.65. The molecule has 4 rings (SSSR count). The third-order valence-electron chi connectivity index (χ3n) is 3.34. The van der Waals surface area contributed by atoms with Gasteiger partial charge in [-0.05, 0) is 35.7 Å². The first kappa shape index (κ1) is 15.7. The zero-order chi connectivity index (χ0) is 17.1. The first-order valence-electron chi connectivity index (χ1n) is 7.32. The van der Waals surface area contributed by atoms with Gasteiger partial charge in [0.15, 0.2) is 0 Å². The monoisotopic (exact) mass is 369 g/mol. The van der Waals surface area contributed by atoms with E-state index < -0.39 is 0 Å². The molecule has 0 saturated heterocycles. The fourth-order valence-corrected chi connectivity index (χ4v) is 3.72. The molecule has 124 valence electrons. The Hall–Kier alpha value is -2.84. The maximum Gasteiger partial charge on any atom is 0.317 e. The lowest BCUT2D eigenvalue weighted by Crippen LogP contribution is -2.11. The van der Waals surface area contributed by atoms with E-state index in [1.165, 1.54) is 17.7 Å². The van der Waals surface area contributed by atoms with Crippen molar-refractivity contribution in [3.63, 3.8) is 0 Å². The summed E-state index contributed by atoms with van der Waals surface area (Å²) in [7, 11) is 0. The van der Waals surface area contributed by atoms with Crippen LogP contribution in [0.4, 0.5) is 0 Å². The Balaban J connectivity index is 1.39. The molecule has 0 N–H and O–H groups in total.